The van der Waals surface area contributed by atoms with Crippen molar-refractivity contribution < 1.29 is 31.6 Å². The van der Waals surface area contributed by atoms with Crippen LogP contribution in [0.4, 0.5) is 0 Å². The van der Waals surface area contributed by atoms with Gasteiger partial charge in [-0.05, 0) is 60.2 Å². The van der Waals surface area contributed by atoms with Crippen molar-refractivity contribution in [3.63, 3.8) is 0 Å². The molecule has 9 heteroatoms. The molecule has 2 aromatic carbocycles. The molecule has 0 aromatic heterocycles. The monoisotopic (exact) mass is 505 g/mol. The Morgan fingerprint density at radius 1 is 1.06 bits per heavy atom. The molecule has 1 amide bonds. The Balaban J connectivity index is 1.84. The SMILES string of the molecule is COc1ccc(S(=O)(=O)Oc2cc(CN(C[C@@H]3CCCO3)C(=O)CC(C)(C)C)ccc2OC)cc1. The first-order chi connectivity index (χ1) is 16.5. The molecule has 1 aliphatic heterocycles. The average Bonchev–Trinajstić information content (AvgIpc) is 3.31. The average molecular weight is 506 g/mol. The van der Waals surface area contributed by atoms with Crippen LogP contribution in [0.5, 0.6) is 17.2 Å². The summed E-state index contributed by atoms with van der Waals surface area (Å²) in [7, 11) is -1.16. The van der Waals surface area contributed by atoms with E-state index in [0.717, 1.165) is 18.4 Å². The third-order valence-electron chi connectivity index (χ3n) is 5.63. The summed E-state index contributed by atoms with van der Waals surface area (Å²) in [6.07, 6.45) is 2.29. The molecule has 1 fully saturated rings. The number of hydrogen-bond donors (Lipinski definition) is 0. The molecule has 0 saturated carbocycles. The van der Waals surface area contributed by atoms with Gasteiger partial charge >= 0.3 is 10.1 Å². The maximum atomic E-state index is 13.1. The highest BCUT2D eigenvalue weighted by atomic mass is 32.2. The fourth-order valence-electron chi connectivity index (χ4n) is 3.87. The van der Waals surface area contributed by atoms with Crippen molar-refractivity contribution in [2.24, 2.45) is 5.41 Å². The number of benzene rings is 2. The van der Waals surface area contributed by atoms with Gasteiger partial charge in [-0.2, -0.15) is 8.42 Å². The molecule has 1 saturated heterocycles. The third kappa shape index (κ3) is 7.60. The van der Waals surface area contributed by atoms with E-state index in [1.165, 1.54) is 26.4 Å². The Labute approximate surface area is 208 Å². The lowest BCUT2D eigenvalue weighted by Crippen LogP contribution is -2.38. The highest BCUT2D eigenvalue weighted by Gasteiger charge is 2.27. The van der Waals surface area contributed by atoms with Gasteiger partial charge in [-0.3, -0.25) is 4.79 Å². The molecule has 0 radical (unpaired) electrons. The highest BCUT2D eigenvalue weighted by Crippen LogP contribution is 2.32. The molecule has 1 atom stereocenters. The minimum absolute atomic E-state index is 0.00309. The third-order valence-corrected chi connectivity index (χ3v) is 6.88. The number of carbonyl (C=O) groups excluding carboxylic acids is 1. The molecular weight excluding hydrogens is 470 g/mol. The molecular formula is C26H35NO7S. The topological polar surface area (TPSA) is 91.4 Å². The number of hydrogen-bond acceptors (Lipinski definition) is 7. The number of methoxy groups -OCH3 is 2. The zero-order chi connectivity index (χ0) is 25.6. The van der Waals surface area contributed by atoms with Gasteiger partial charge in [-0.25, -0.2) is 0 Å². The summed E-state index contributed by atoms with van der Waals surface area (Å²) >= 11 is 0. The molecule has 0 aliphatic carbocycles. The Morgan fingerprint density at radius 2 is 1.77 bits per heavy atom. The van der Waals surface area contributed by atoms with E-state index in [-0.39, 0.29) is 33.8 Å². The zero-order valence-corrected chi connectivity index (χ0v) is 21.9. The van der Waals surface area contributed by atoms with E-state index < -0.39 is 10.1 Å². The zero-order valence-electron chi connectivity index (χ0n) is 21.1. The Hall–Kier alpha value is -2.78. The normalized spacial score (nSPS) is 16.1. The molecule has 35 heavy (non-hydrogen) atoms. The lowest BCUT2D eigenvalue weighted by atomic mass is 9.91. The van der Waals surface area contributed by atoms with Crippen LogP contribution in [0.2, 0.25) is 0 Å². The van der Waals surface area contributed by atoms with Gasteiger partial charge in [0, 0.05) is 26.1 Å². The number of amides is 1. The van der Waals surface area contributed by atoms with Crippen LogP contribution in [0, 0.1) is 5.41 Å². The molecule has 1 aliphatic rings. The number of ether oxygens (including phenoxy) is 3. The van der Waals surface area contributed by atoms with Crippen LogP contribution in [-0.2, 0) is 26.2 Å². The predicted molar refractivity (Wildman–Crippen MR) is 132 cm³/mol. The summed E-state index contributed by atoms with van der Waals surface area (Å²) in [6, 6.07) is 11.0. The van der Waals surface area contributed by atoms with Gasteiger partial charge < -0.3 is 23.3 Å². The van der Waals surface area contributed by atoms with Gasteiger partial charge in [0.1, 0.15) is 10.6 Å². The molecule has 3 rings (SSSR count). The largest absolute Gasteiger partial charge is 0.497 e. The molecule has 1 heterocycles. The fraction of sp³-hybridized carbons (Fsp3) is 0.500. The van der Waals surface area contributed by atoms with E-state index in [1.807, 2.05) is 20.8 Å². The summed E-state index contributed by atoms with van der Waals surface area (Å²) in [5, 5.41) is 0. The first-order valence-corrected chi connectivity index (χ1v) is 13.1. The van der Waals surface area contributed by atoms with Gasteiger partial charge in [-0.1, -0.05) is 26.8 Å². The van der Waals surface area contributed by atoms with Gasteiger partial charge in [0.05, 0.1) is 20.3 Å². The lowest BCUT2D eigenvalue weighted by molar-refractivity contribution is -0.135. The minimum atomic E-state index is -4.11. The second kappa shape index (κ2) is 11.3. The Bertz CT molecular complexity index is 1100. The highest BCUT2D eigenvalue weighted by molar-refractivity contribution is 7.87. The maximum Gasteiger partial charge on any atom is 0.339 e. The van der Waals surface area contributed by atoms with E-state index in [1.54, 1.807) is 35.2 Å². The van der Waals surface area contributed by atoms with E-state index in [4.69, 9.17) is 18.4 Å². The fourth-order valence-corrected chi connectivity index (χ4v) is 4.80. The van der Waals surface area contributed by atoms with Crippen LogP contribution in [0.15, 0.2) is 47.4 Å². The summed E-state index contributed by atoms with van der Waals surface area (Å²) < 4.78 is 47.4. The van der Waals surface area contributed by atoms with Crippen molar-refractivity contribution in [1.29, 1.82) is 0 Å². The van der Waals surface area contributed by atoms with Crippen molar-refractivity contribution in [3.05, 3.63) is 48.0 Å². The summed E-state index contributed by atoms with van der Waals surface area (Å²) in [5.74, 6) is 0.894. The minimum Gasteiger partial charge on any atom is -0.497 e. The Morgan fingerprint density at radius 3 is 2.34 bits per heavy atom. The van der Waals surface area contributed by atoms with Crippen LogP contribution < -0.4 is 13.7 Å². The van der Waals surface area contributed by atoms with Gasteiger partial charge in [0.25, 0.3) is 0 Å². The van der Waals surface area contributed by atoms with Gasteiger partial charge in [0.2, 0.25) is 5.91 Å². The number of carbonyl (C=O) groups is 1. The summed E-state index contributed by atoms with van der Waals surface area (Å²) in [5.41, 5.74) is 0.568. The first-order valence-electron chi connectivity index (χ1n) is 11.7. The predicted octanol–water partition coefficient (Wildman–Crippen LogP) is 4.42. The van der Waals surface area contributed by atoms with E-state index in [2.05, 4.69) is 0 Å². The second-order valence-electron chi connectivity index (χ2n) is 9.84. The van der Waals surface area contributed by atoms with Gasteiger partial charge in [0.15, 0.2) is 11.5 Å². The van der Waals surface area contributed by atoms with E-state index >= 15 is 0 Å². The van der Waals surface area contributed by atoms with Crippen molar-refractivity contribution >= 4 is 16.0 Å². The molecule has 0 spiro atoms. The quantitative estimate of drug-likeness (QED) is 0.442. The Kier molecular flexibility index (Phi) is 8.66. The van der Waals surface area contributed by atoms with Crippen LogP contribution in [0.3, 0.4) is 0 Å². The second-order valence-corrected chi connectivity index (χ2v) is 11.4. The summed E-state index contributed by atoms with van der Waals surface area (Å²) in [6.45, 7) is 7.57. The van der Waals surface area contributed by atoms with E-state index in [9.17, 15) is 13.2 Å². The van der Waals surface area contributed by atoms with E-state index in [0.29, 0.717) is 31.9 Å². The van der Waals surface area contributed by atoms with Crippen molar-refractivity contribution in [3.8, 4) is 17.2 Å². The van der Waals surface area contributed by atoms with Crippen LogP contribution in [0.25, 0.3) is 0 Å². The van der Waals surface area contributed by atoms with Crippen molar-refractivity contribution in [2.45, 2.75) is 57.6 Å². The molecule has 0 bridgehead atoms. The van der Waals surface area contributed by atoms with Crippen LogP contribution in [-0.4, -0.2) is 52.7 Å². The van der Waals surface area contributed by atoms with Crippen molar-refractivity contribution in [2.75, 3.05) is 27.4 Å². The maximum absolute atomic E-state index is 13.1. The van der Waals surface area contributed by atoms with Crippen LogP contribution in [0.1, 0.15) is 45.6 Å². The lowest BCUT2D eigenvalue weighted by Gasteiger charge is -2.29. The molecule has 8 nitrogen and oxygen atoms in total. The first kappa shape index (κ1) is 26.8. The number of rotatable bonds is 10. The molecule has 0 N–H and O–H groups in total. The van der Waals surface area contributed by atoms with Crippen molar-refractivity contribution in [1.82, 2.24) is 4.90 Å². The molecule has 0 unspecified atom stereocenters. The van der Waals surface area contributed by atoms with Crippen LogP contribution >= 0.6 is 0 Å². The molecule has 192 valence electrons. The standard InChI is InChI=1S/C26H35NO7S/c1-26(2,3)16-25(28)27(18-21-7-6-14-33-21)17-19-8-13-23(32-5)24(15-19)34-35(29,30)22-11-9-20(31-4)10-12-22/h8-13,15,21H,6-7,14,16-18H2,1-5H3/t21-/m0/s1. The van der Waals surface area contributed by atoms with Gasteiger partial charge in [-0.15, -0.1) is 0 Å². The number of nitrogens with zero attached hydrogens (tertiary/aromatic N) is 1. The smallest absolute Gasteiger partial charge is 0.339 e. The molecule has 2 aromatic rings. The summed E-state index contributed by atoms with van der Waals surface area (Å²) in [4.78, 5) is 14.9.